The summed E-state index contributed by atoms with van der Waals surface area (Å²) in [6, 6.07) is 0. The van der Waals surface area contributed by atoms with E-state index in [-0.39, 0.29) is 30.7 Å². The van der Waals surface area contributed by atoms with Crippen LogP contribution in [0.4, 0.5) is 0 Å². The summed E-state index contributed by atoms with van der Waals surface area (Å²) in [6.07, 6.45) is 2.63. The number of likely N-dealkylation sites (tertiary alicyclic amines) is 1. The molecule has 1 aliphatic heterocycles. The average molecular weight is 256 g/mol. The molecule has 1 unspecified atom stereocenters. The molecule has 0 aromatic heterocycles. The van der Waals surface area contributed by atoms with Gasteiger partial charge in [-0.1, -0.05) is 0 Å². The minimum atomic E-state index is -0.795. The molecule has 0 saturated carbocycles. The summed E-state index contributed by atoms with van der Waals surface area (Å²) < 4.78 is 0. The molecule has 1 fully saturated rings. The zero-order valence-electron chi connectivity index (χ0n) is 10.6. The molecule has 1 saturated heterocycles. The Morgan fingerprint density at radius 3 is 2.72 bits per heavy atom. The molecule has 2 amide bonds. The van der Waals surface area contributed by atoms with Gasteiger partial charge < -0.3 is 15.3 Å². The summed E-state index contributed by atoms with van der Waals surface area (Å²) >= 11 is 0. The highest BCUT2D eigenvalue weighted by Crippen LogP contribution is 2.20. The van der Waals surface area contributed by atoms with Crippen molar-refractivity contribution in [1.82, 2.24) is 10.2 Å². The summed E-state index contributed by atoms with van der Waals surface area (Å²) in [7, 11) is 0. The van der Waals surface area contributed by atoms with Crippen molar-refractivity contribution in [3.05, 3.63) is 0 Å². The summed E-state index contributed by atoms with van der Waals surface area (Å²) in [5, 5.41) is 11.1. The number of amides is 2. The Bertz CT molecular complexity index is 330. The van der Waals surface area contributed by atoms with Gasteiger partial charge in [-0.25, -0.2) is 0 Å². The van der Waals surface area contributed by atoms with E-state index < -0.39 is 5.97 Å². The summed E-state index contributed by atoms with van der Waals surface area (Å²) in [4.78, 5) is 34.7. The molecule has 0 radical (unpaired) electrons. The van der Waals surface area contributed by atoms with Crippen LogP contribution in [0.25, 0.3) is 0 Å². The van der Waals surface area contributed by atoms with E-state index in [1.807, 2.05) is 0 Å². The van der Waals surface area contributed by atoms with E-state index in [2.05, 4.69) is 5.32 Å². The van der Waals surface area contributed by atoms with Gasteiger partial charge in [0.25, 0.3) is 0 Å². The van der Waals surface area contributed by atoms with Crippen molar-refractivity contribution in [2.45, 2.75) is 32.6 Å². The molecule has 1 rings (SSSR count). The number of carbonyl (C=O) groups excluding carboxylic acids is 2. The van der Waals surface area contributed by atoms with Crippen molar-refractivity contribution in [1.29, 1.82) is 0 Å². The third-order valence-electron chi connectivity index (χ3n) is 3.13. The molecular formula is C12H20N2O4. The van der Waals surface area contributed by atoms with Crippen molar-refractivity contribution in [3.63, 3.8) is 0 Å². The van der Waals surface area contributed by atoms with E-state index in [4.69, 9.17) is 5.11 Å². The van der Waals surface area contributed by atoms with Crippen molar-refractivity contribution >= 4 is 17.8 Å². The van der Waals surface area contributed by atoms with Gasteiger partial charge in [0.1, 0.15) is 0 Å². The van der Waals surface area contributed by atoms with E-state index in [1.165, 1.54) is 6.92 Å². The van der Waals surface area contributed by atoms with Crippen LogP contribution in [0, 0.1) is 5.92 Å². The van der Waals surface area contributed by atoms with Gasteiger partial charge in [-0.15, -0.1) is 0 Å². The maximum atomic E-state index is 11.8. The maximum Gasteiger partial charge on any atom is 0.303 e. The molecule has 0 aliphatic carbocycles. The number of hydrogen-bond acceptors (Lipinski definition) is 3. The first kappa shape index (κ1) is 14.5. The van der Waals surface area contributed by atoms with E-state index >= 15 is 0 Å². The zero-order chi connectivity index (χ0) is 13.5. The first-order chi connectivity index (χ1) is 8.49. The minimum Gasteiger partial charge on any atom is -0.481 e. The van der Waals surface area contributed by atoms with Gasteiger partial charge in [0, 0.05) is 26.4 Å². The normalized spacial score (nSPS) is 19.4. The molecular weight excluding hydrogens is 236 g/mol. The van der Waals surface area contributed by atoms with Crippen LogP contribution in [0.3, 0.4) is 0 Å². The average Bonchev–Trinajstić information content (AvgIpc) is 2.33. The Morgan fingerprint density at radius 1 is 1.39 bits per heavy atom. The number of nitrogens with zero attached hydrogens (tertiary/aromatic N) is 1. The lowest BCUT2D eigenvalue weighted by atomic mass is 9.93. The van der Waals surface area contributed by atoms with Crippen LogP contribution >= 0.6 is 0 Å². The highest BCUT2D eigenvalue weighted by Gasteiger charge is 2.23. The minimum absolute atomic E-state index is 0.0288. The number of hydrogen-bond donors (Lipinski definition) is 2. The first-order valence-corrected chi connectivity index (χ1v) is 6.23. The highest BCUT2D eigenvalue weighted by molar-refractivity contribution is 5.83. The SMILES string of the molecule is CC(=O)NCC(=O)N1CCCC(CCC(=O)O)C1. The largest absolute Gasteiger partial charge is 0.481 e. The van der Waals surface area contributed by atoms with Crippen LogP contribution < -0.4 is 5.32 Å². The Kier molecular flexibility index (Phi) is 5.61. The number of carbonyl (C=O) groups is 3. The van der Waals surface area contributed by atoms with Crippen LogP contribution in [0.1, 0.15) is 32.6 Å². The van der Waals surface area contributed by atoms with Crippen molar-refractivity contribution < 1.29 is 19.5 Å². The summed E-state index contributed by atoms with van der Waals surface area (Å²) in [6.45, 7) is 2.70. The van der Waals surface area contributed by atoms with Crippen molar-refractivity contribution in [2.75, 3.05) is 19.6 Å². The van der Waals surface area contributed by atoms with Gasteiger partial charge in [-0.05, 0) is 25.2 Å². The van der Waals surface area contributed by atoms with Gasteiger partial charge in [-0.3, -0.25) is 14.4 Å². The lowest BCUT2D eigenvalue weighted by Gasteiger charge is -2.32. The van der Waals surface area contributed by atoms with Crippen LogP contribution in [0.2, 0.25) is 0 Å². The van der Waals surface area contributed by atoms with Crippen molar-refractivity contribution in [2.24, 2.45) is 5.92 Å². The number of carboxylic acid groups (broad SMARTS) is 1. The Morgan fingerprint density at radius 2 is 2.11 bits per heavy atom. The van der Waals surface area contributed by atoms with Crippen LogP contribution in [-0.4, -0.2) is 47.4 Å². The third-order valence-corrected chi connectivity index (χ3v) is 3.13. The van der Waals surface area contributed by atoms with Gasteiger partial charge in [0.05, 0.1) is 6.54 Å². The van der Waals surface area contributed by atoms with E-state index in [0.717, 1.165) is 12.8 Å². The predicted octanol–water partition coefficient (Wildman–Crippen LogP) is 0.226. The summed E-state index contributed by atoms with van der Waals surface area (Å²) in [5.74, 6) is -0.846. The molecule has 0 bridgehead atoms. The van der Waals surface area contributed by atoms with Crippen LogP contribution in [0.5, 0.6) is 0 Å². The smallest absolute Gasteiger partial charge is 0.303 e. The first-order valence-electron chi connectivity index (χ1n) is 6.23. The monoisotopic (exact) mass is 256 g/mol. The standard InChI is InChI=1S/C12H20N2O4/c1-9(15)13-7-11(16)14-6-2-3-10(8-14)4-5-12(17)18/h10H,2-8H2,1H3,(H,13,15)(H,17,18). The number of aliphatic carboxylic acids is 1. The quantitative estimate of drug-likeness (QED) is 0.737. The molecule has 0 aromatic rings. The number of piperidine rings is 1. The molecule has 0 spiro atoms. The van der Waals surface area contributed by atoms with Crippen LogP contribution in [-0.2, 0) is 14.4 Å². The Hall–Kier alpha value is -1.59. The molecule has 0 aromatic carbocycles. The second kappa shape index (κ2) is 6.98. The molecule has 1 aliphatic rings. The molecule has 18 heavy (non-hydrogen) atoms. The second-order valence-electron chi connectivity index (χ2n) is 4.69. The lowest BCUT2D eigenvalue weighted by molar-refractivity contribution is -0.137. The third kappa shape index (κ3) is 5.16. The van der Waals surface area contributed by atoms with Gasteiger partial charge in [-0.2, -0.15) is 0 Å². The van der Waals surface area contributed by atoms with Crippen LogP contribution in [0.15, 0.2) is 0 Å². The predicted molar refractivity (Wildman–Crippen MR) is 64.9 cm³/mol. The van der Waals surface area contributed by atoms with Gasteiger partial charge >= 0.3 is 5.97 Å². The van der Waals surface area contributed by atoms with E-state index in [9.17, 15) is 14.4 Å². The van der Waals surface area contributed by atoms with Crippen molar-refractivity contribution in [3.8, 4) is 0 Å². The molecule has 102 valence electrons. The lowest BCUT2D eigenvalue weighted by Crippen LogP contribution is -2.44. The molecule has 1 atom stereocenters. The van der Waals surface area contributed by atoms with E-state index in [1.54, 1.807) is 4.90 Å². The fourth-order valence-corrected chi connectivity index (χ4v) is 2.17. The molecule has 1 heterocycles. The topological polar surface area (TPSA) is 86.7 Å². The highest BCUT2D eigenvalue weighted by atomic mass is 16.4. The number of carboxylic acids is 1. The Balaban J connectivity index is 2.35. The fraction of sp³-hybridized carbons (Fsp3) is 0.750. The Labute approximate surface area is 106 Å². The number of rotatable bonds is 5. The molecule has 6 nitrogen and oxygen atoms in total. The van der Waals surface area contributed by atoms with Gasteiger partial charge in [0.2, 0.25) is 11.8 Å². The molecule has 2 N–H and O–H groups in total. The molecule has 6 heteroatoms. The summed E-state index contributed by atoms with van der Waals surface area (Å²) in [5.41, 5.74) is 0. The maximum absolute atomic E-state index is 11.8. The number of nitrogens with one attached hydrogen (secondary N) is 1. The van der Waals surface area contributed by atoms with Gasteiger partial charge in [0.15, 0.2) is 0 Å². The fourth-order valence-electron chi connectivity index (χ4n) is 2.17. The zero-order valence-corrected chi connectivity index (χ0v) is 10.6. The second-order valence-corrected chi connectivity index (χ2v) is 4.69. The van der Waals surface area contributed by atoms with E-state index in [0.29, 0.717) is 19.5 Å².